The molecule has 0 aliphatic heterocycles. The largest absolute Gasteiger partial charge is 0.140 e. The van der Waals surface area contributed by atoms with E-state index in [1.807, 2.05) is 11.3 Å². The van der Waals surface area contributed by atoms with Gasteiger partial charge in [0.25, 0.3) is 0 Å². The summed E-state index contributed by atoms with van der Waals surface area (Å²) >= 11 is 10.5. The van der Waals surface area contributed by atoms with Gasteiger partial charge in [0, 0.05) is 19.5 Å². The topological polar surface area (TPSA) is 0 Å². The number of hydrogen-bond acceptors (Lipinski definition) is 5. The summed E-state index contributed by atoms with van der Waals surface area (Å²) < 4.78 is 9.62. The number of hydrogen-bond donors (Lipinski definition) is 0. The van der Waals surface area contributed by atoms with Crippen molar-refractivity contribution in [2.24, 2.45) is 0 Å². The van der Waals surface area contributed by atoms with Crippen LogP contribution < -0.4 is 0 Å². The van der Waals surface area contributed by atoms with Crippen LogP contribution in [0.2, 0.25) is 0 Å². The summed E-state index contributed by atoms with van der Waals surface area (Å²) in [6.45, 7) is 9.28. The molecule has 0 spiro atoms. The van der Waals surface area contributed by atoms with E-state index >= 15 is 0 Å². The first-order valence-electron chi connectivity index (χ1n) is 19.6. The fourth-order valence-corrected chi connectivity index (χ4v) is 14.5. The van der Waals surface area contributed by atoms with Gasteiger partial charge in [-0.25, -0.2) is 0 Å². The highest BCUT2D eigenvalue weighted by Crippen LogP contribution is 2.54. The minimum atomic E-state index is 1.24. The molecule has 47 heavy (non-hydrogen) atoms. The van der Waals surface area contributed by atoms with E-state index in [9.17, 15) is 0 Å². The maximum atomic E-state index is 2.39. The molecule has 0 saturated heterocycles. The maximum Gasteiger partial charge on any atom is 0.0651 e. The first-order chi connectivity index (χ1) is 23.1. The van der Waals surface area contributed by atoms with Gasteiger partial charge in [-0.15, -0.1) is 56.7 Å². The van der Waals surface area contributed by atoms with Crippen LogP contribution in [0.3, 0.4) is 0 Å². The van der Waals surface area contributed by atoms with Gasteiger partial charge in [-0.05, 0) is 62.8 Å². The van der Waals surface area contributed by atoms with Crippen molar-refractivity contribution in [3.63, 3.8) is 0 Å². The Labute approximate surface area is 307 Å². The molecule has 0 nitrogen and oxygen atoms in total. The van der Waals surface area contributed by atoms with E-state index in [0.717, 1.165) is 0 Å². The van der Waals surface area contributed by atoms with Crippen molar-refractivity contribution in [2.45, 2.75) is 182 Å². The predicted octanol–water partition coefficient (Wildman–Crippen LogP) is 17.4. The molecule has 5 aromatic rings. The van der Waals surface area contributed by atoms with E-state index < -0.39 is 0 Å². The molecular weight excluding hydrogens is 665 g/mol. The average molecular weight is 727 g/mol. The van der Waals surface area contributed by atoms with Crippen LogP contribution >= 0.6 is 56.7 Å². The first-order valence-corrected chi connectivity index (χ1v) is 23.7. The lowest BCUT2D eigenvalue weighted by molar-refractivity contribution is 0.549. The molecule has 5 rings (SSSR count). The standard InChI is InChI=1S/C42H62S5/c1-5-7-9-11-13-15-17-19-21-23-25-27-33-32(4)44-39-37(33)46-42-40-38(47-41(39)42)34(36(45-40)35-30-29-31(3)43-35)28-26-24-22-20-18-16-14-12-10-8-6-2/h29-30H,5-28H2,1-4H3. The molecule has 0 bridgehead atoms. The molecule has 0 amide bonds. The van der Waals surface area contributed by atoms with Gasteiger partial charge in [-0.2, -0.15) is 0 Å². The SMILES string of the molecule is CCCCCCCCCCCCCc1c(C)sc2c1sc1c3sc(-c4ccc(C)s4)c(CCCCCCCCCCCCC)c3sc21. The lowest BCUT2D eigenvalue weighted by Crippen LogP contribution is -1.87. The van der Waals surface area contributed by atoms with E-state index in [0.29, 0.717) is 0 Å². The monoisotopic (exact) mass is 726 g/mol. The van der Waals surface area contributed by atoms with Crippen LogP contribution in [0.15, 0.2) is 12.1 Å². The van der Waals surface area contributed by atoms with Gasteiger partial charge in [-0.3, -0.25) is 0 Å². The van der Waals surface area contributed by atoms with Gasteiger partial charge < -0.3 is 0 Å². The first kappa shape index (κ1) is 37.5. The highest BCUT2D eigenvalue weighted by molar-refractivity contribution is 7.45. The van der Waals surface area contributed by atoms with Gasteiger partial charge in [0.1, 0.15) is 0 Å². The van der Waals surface area contributed by atoms with E-state index in [1.165, 1.54) is 164 Å². The Kier molecular flexibility index (Phi) is 16.1. The van der Waals surface area contributed by atoms with Crippen LogP contribution in [0.25, 0.3) is 38.0 Å². The third kappa shape index (κ3) is 10.4. The fourth-order valence-electron chi connectivity index (χ4n) is 7.32. The van der Waals surface area contributed by atoms with Gasteiger partial charge >= 0.3 is 0 Å². The minimum Gasteiger partial charge on any atom is -0.140 e. The molecule has 260 valence electrons. The van der Waals surface area contributed by atoms with Crippen LogP contribution in [0.4, 0.5) is 0 Å². The molecule has 0 N–H and O–H groups in total. The van der Waals surface area contributed by atoms with Crippen molar-refractivity contribution in [1.82, 2.24) is 0 Å². The van der Waals surface area contributed by atoms with Crippen molar-refractivity contribution in [2.75, 3.05) is 0 Å². The lowest BCUT2D eigenvalue weighted by Gasteiger charge is -2.04. The Morgan fingerprint density at radius 1 is 0.383 bits per heavy atom. The Bertz CT molecular complexity index is 1600. The van der Waals surface area contributed by atoms with E-state index in [4.69, 9.17) is 0 Å². The molecular formula is C42H62S5. The highest BCUT2D eigenvalue weighted by Gasteiger charge is 2.24. The van der Waals surface area contributed by atoms with Gasteiger partial charge in [0.15, 0.2) is 0 Å². The Balaban J connectivity index is 1.18. The second kappa shape index (κ2) is 20.2. The van der Waals surface area contributed by atoms with Crippen molar-refractivity contribution in [3.8, 4) is 9.75 Å². The molecule has 0 unspecified atom stereocenters. The van der Waals surface area contributed by atoms with Gasteiger partial charge in [0.05, 0.1) is 28.2 Å². The normalized spacial score (nSPS) is 12.2. The number of unbranched alkanes of at least 4 members (excludes halogenated alkanes) is 20. The number of aryl methyl sites for hydroxylation is 4. The third-order valence-electron chi connectivity index (χ3n) is 10.2. The van der Waals surface area contributed by atoms with Crippen LogP contribution in [-0.4, -0.2) is 0 Å². The molecule has 5 heterocycles. The van der Waals surface area contributed by atoms with E-state index in [-0.39, 0.29) is 0 Å². The third-order valence-corrected chi connectivity index (χ3v) is 16.9. The number of fused-ring (bicyclic) bond motifs is 5. The lowest BCUT2D eigenvalue weighted by atomic mass is 10.0. The quantitative estimate of drug-likeness (QED) is 0.0525. The van der Waals surface area contributed by atoms with E-state index in [1.54, 1.807) is 49.1 Å². The van der Waals surface area contributed by atoms with Gasteiger partial charge in [-0.1, -0.05) is 142 Å². The molecule has 0 aliphatic carbocycles. The van der Waals surface area contributed by atoms with Crippen LogP contribution in [-0.2, 0) is 12.8 Å². The average Bonchev–Trinajstić information content (AvgIpc) is 3.86. The van der Waals surface area contributed by atoms with Crippen LogP contribution in [0.1, 0.15) is 176 Å². The summed E-state index contributed by atoms with van der Waals surface area (Å²) in [6, 6.07) is 4.71. The molecule has 0 fully saturated rings. The van der Waals surface area contributed by atoms with Crippen LogP contribution in [0.5, 0.6) is 0 Å². The molecule has 0 radical (unpaired) electrons. The minimum absolute atomic E-state index is 1.24. The number of rotatable bonds is 25. The van der Waals surface area contributed by atoms with Crippen LogP contribution in [0, 0.1) is 13.8 Å². The Morgan fingerprint density at radius 3 is 1.26 bits per heavy atom. The maximum absolute atomic E-state index is 2.39. The smallest absolute Gasteiger partial charge is 0.0651 e. The zero-order chi connectivity index (χ0) is 32.8. The van der Waals surface area contributed by atoms with Crippen molar-refractivity contribution < 1.29 is 0 Å². The molecule has 0 saturated carbocycles. The van der Waals surface area contributed by atoms with Gasteiger partial charge in [0.2, 0.25) is 0 Å². The van der Waals surface area contributed by atoms with Crippen molar-refractivity contribution in [3.05, 3.63) is 33.0 Å². The number of thiophene rings is 5. The van der Waals surface area contributed by atoms with Crippen molar-refractivity contribution >= 4 is 84.9 Å². The summed E-state index contributed by atoms with van der Waals surface area (Å²) in [5.74, 6) is 0. The molecule has 5 heteroatoms. The second-order valence-corrected chi connectivity index (χ2v) is 19.8. The second-order valence-electron chi connectivity index (χ2n) is 14.2. The fraction of sp³-hybridized carbons (Fsp3) is 0.667. The molecule has 0 aliphatic rings. The molecule has 0 aromatic carbocycles. The van der Waals surface area contributed by atoms with E-state index in [2.05, 4.69) is 85.2 Å². The molecule has 0 atom stereocenters. The zero-order valence-corrected chi connectivity index (χ0v) is 34.2. The molecule has 5 aromatic heterocycles. The Hall–Kier alpha value is -0.720. The van der Waals surface area contributed by atoms with Crippen molar-refractivity contribution in [1.29, 1.82) is 0 Å². The summed E-state index contributed by atoms with van der Waals surface area (Å²) in [5, 5.41) is 0. The zero-order valence-electron chi connectivity index (χ0n) is 30.2. The summed E-state index contributed by atoms with van der Waals surface area (Å²) in [7, 11) is 0. The summed E-state index contributed by atoms with van der Waals surface area (Å²) in [4.78, 5) is 6.08. The Morgan fingerprint density at radius 2 is 0.787 bits per heavy atom. The summed E-state index contributed by atoms with van der Waals surface area (Å²) in [5.41, 5.74) is 3.34. The highest BCUT2D eigenvalue weighted by atomic mass is 32.1. The predicted molar refractivity (Wildman–Crippen MR) is 224 cm³/mol. The summed E-state index contributed by atoms with van der Waals surface area (Å²) in [6.07, 6.45) is 33.7.